The van der Waals surface area contributed by atoms with Crippen LogP contribution in [0.15, 0.2) is 28.8 Å². The highest BCUT2D eigenvalue weighted by atomic mass is 16.5. The lowest BCUT2D eigenvalue weighted by atomic mass is 10.2. The van der Waals surface area contributed by atoms with Gasteiger partial charge in [-0.25, -0.2) is 0 Å². The molecule has 0 unspecified atom stereocenters. The molecular weight excluding hydrogens is 214 g/mol. The van der Waals surface area contributed by atoms with Gasteiger partial charge in [-0.1, -0.05) is 17.3 Å². The highest BCUT2D eigenvalue weighted by Crippen LogP contribution is 2.38. The van der Waals surface area contributed by atoms with E-state index in [1.165, 1.54) is 12.8 Å². The van der Waals surface area contributed by atoms with Gasteiger partial charge in [-0.2, -0.15) is 4.98 Å². The lowest BCUT2D eigenvalue weighted by molar-refractivity contribution is 0.403. The number of rotatable bonds is 3. The van der Waals surface area contributed by atoms with Crippen molar-refractivity contribution < 1.29 is 4.52 Å². The van der Waals surface area contributed by atoms with Crippen molar-refractivity contribution in [1.29, 1.82) is 0 Å². The quantitative estimate of drug-likeness (QED) is 0.819. The van der Waals surface area contributed by atoms with Crippen LogP contribution in [0.25, 0.3) is 12.2 Å². The number of nitrogens with two attached hydrogens (primary N) is 1. The molecule has 2 aromatic rings. The maximum atomic E-state index is 5.69. The van der Waals surface area contributed by atoms with Crippen LogP contribution in [0.1, 0.15) is 36.0 Å². The van der Waals surface area contributed by atoms with Crippen LogP contribution >= 0.6 is 0 Å². The van der Waals surface area contributed by atoms with Gasteiger partial charge in [0.05, 0.1) is 0 Å². The molecule has 4 nitrogen and oxygen atoms in total. The summed E-state index contributed by atoms with van der Waals surface area (Å²) in [6, 6.07) is 7.65. The van der Waals surface area contributed by atoms with E-state index in [1.807, 2.05) is 36.4 Å². The number of hydrogen-bond donors (Lipinski definition) is 1. The van der Waals surface area contributed by atoms with E-state index in [4.69, 9.17) is 10.3 Å². The van der Waals surface area contributed by atoms with Crippen LogP contribution in [0.4, 0.5) is 5.69 Å². The molecule has 1 saturated carbocycles. The fourth-order valence-electron chi connectivity index (χ4n) is 1.65. The van der Waals surface area contributed by atoms with E-state index in [0.29, 0.717) is 11.8 Å². The molecule has 3 rings (SSSR count). The molecule has 0 bridgehead atoms. The number of nitrogens with zero attached hydrogens (tertiary/aromatic N) is 2. The smallest absolute Gasteiger partial charge is 0.250 e. The summed E-state index contributed by atoms with van der Waals surface area (Å²) in [7, 11) is 0. The normalized spacial score (nSPS) is 15.5. The van der Waals surface area contributed by atoms with E-state index >= 15 is 0 Å². The van der Waals surface area contributed by atoms with Gasteiger partial charge >= 0.3 is 0 Å². The Morgan fingerprint density at radius 1 is 1.29 bits per heavy atom. The number of nitrogen functional groups attached to an aromatic ring is 1. The van der Waals surface area contributed by atoms with Crippen molar-refractivity contribution in [3.05, 3.63) is 41.5 Å². The number of aromatic nitrogens is 2. The van der Waals surface area contributed by atoms with Gasteiger partial charge < -0.3 is 10.3 Å². The van der Waals surface area contributed by atoms with Crippen molar-refractivity contribution in [2.24, 2.45) is 0 Å². The third kappa shape index (κ3) is 2.36. The zero-order chi connectivity index (χ0) is 11.7. The van der Waals surface area contributed by atoms with Crippen molar-refractivity contribution in [3.8, 4) is 0 Å². The largest absolute Gasteiger partial charge is 0.399 e. The Bertz CT molecular complexity index is 555. The molecule has 17 heavy (non-hydrogen) atoms. The minimum absolute atomic E-state index is 0.522. The van der Waals surface area contributed by atoms with E-state index in [2.05, 4.69) is 10.1 Å². The van der Waals surface area contributed by atoms with E-state index in [1.54, 1.807) is 0 Å². The molecule has 1 heterocycles. The highest BCUT2D eigenvalue weighted by Gasteiger charge is 2.28. The lowest BCUT2D eigenvalue weighted by Gasteiger charge is -1.94. The molecule has 1 aliphatic rings. The molecule has 0 atom stereocenters. The minimum atomic E-state index is 0.522. The van der Waals surface area contributed by atoms with Crippen molar-refractivity contribution in [1.82, 2.24) is 10.1 Å². The number of benzene rings is 1. The first-order valence-electron chi connectivity index (χ1n) is 5.68. The first kappa shape index (κ1) is 10.1. The molecule has 4 heteroatoms. The van der Waals surface area contributed by atoms with E-state index in [-0.39, 0.29) is 0 Å². The Morgan fingerprint density at radius 3 is 2.94 bits per heavy atom. The van der Waals surface area contributed by atoms with Crippen LogP contribution in [0.3, 0.4) is 0 Å². The fraction of sp³-hybridized carbons (Fsp3) is 0.231. The zero-order valence-corrected chi connectivity index (χ0v) is 9.34. The molecule has 86 valence electrons. The molecule has 1 fully saturated rings. The Hall–Kier alpha value is -2.10. The standard InChI is InChI=1S/C13H13N3O/c14-11-3-1-2-9(8-11)4-7-12-15-13(16-17-12)10-5-6-10/h1-4,7-8,10H,5-6,14H2/b7-4+. The number of anilines is 1. The van der Waals surface area contributed by atoms with Gasteiger partial charge in [-0.3, -0.25) is 0 Å². The van der Waals surface area contributed by atoms with E-state index < -0.39 is 0 Å². The van der Waals surface area contributed by atoms with Gasteiger partial charge in [0.2, 0.25) is 0 Å². The number of hydrogen-bond acceptors (Lipinski definition) is 4. The average Bonchev–Trinajstić information content (AvgIpc) is 3.07. The fourth-order valence-corrected chi connectivity index (χ4v) is 1.65. The molecule has 0 saturated heterocycles. The summed E-state index contributed by atoms with van der Waals surface area (Å²) >= 11 is 0. The zero-order valence-electron chi connectivity index (χ0n) is 9.34. The molecular formula is C13H13N3O. The third-order valence-corrected chi connectivity index (χ3v) is 2.73. The van der Waals surface area contributed by atoms with Crippen LogP contribution in [-0.4, -0.2) is 10.1 Å². The molecule has 0 amide bonds. The second-order valence-corrected chi connectivity index (χ2v) is 4.27. The Balaban J connectivity index is 1.76. The Kier molecular flexibility index (Phi) is 2.40. The first-order valence-corrected chi connectivity index (χ1v) is 5.68. The van der Waals surface area contributed by atoms with Crippen molar-refractivity contribution in [3.63, 3.8) is 0 Å². The Morgan fingerprint density at radius 2 is 2.18 bits per heavy atom. The van der Waals surface area contributed by atoms with Crippen LogP contribution in [0.5, 0.6) is 0 Å². The van der Waals surface area contributed by atoms with Crippen molar-refractivity contribution in [2.75, 3.05) is 5.73 Å². The molecule has 1 aromatic heterocycles. The van der Waals surface area contributed by atoms with Gasteiger partial charge in [0.25, 0.3) is 5.89 Å². The topological polar surface area (TPSA) is 64.9 Å². The monoisotopic (exact) mass is 227 g/mol. The predicted molar refractivity (Wildman–Crippen MR) is 66.1 cm³/mol. The Labute approximate surface area is 99.1 Å². The molecule has 2 N–H and O–H groups in total. The first-order chi connectivity index (χ1) is 8.31. The van der Waals surface area contributed by atoms with Crippen molar-refractivity contribution >= 4 is 17.8 Å². The van der Waals surface area contributed by atoms with E-state index in [9.17, 15) is 0 Å². The molecule has 0 radical (unpaired) electrons. The summed E-state index contributed by atoms with van der Waals surface area (Å²) in [6.45, 7) is 0. The SMILES string of the molecule is Nc1cccc(/C=C/c2nc(C3CC3)no2)c1. The van der Waals surface area contributed by atoms with Crippen molar-refractivity contribution in [2.45, 2.75) is 18.8 Å². The minimum Gasteiger partial charge on any atom is -0.399 e. The molecule has 0 aliphatic heterocycles. The van der Waals surface area contributed by atoms with Crippen LogP contribution in [0.2, 0.25) is 0 Å². The van der Waals surface area contributed by atoms with Gasteiger partial charge in [0.15, 0.2) is 5.82 Å². The van der Waals surface area contributed by atoms with Gasteiger partial charge in [0, 0.05) is 17.7 Å². The summed E-state index contributed by atoms with van der Waals surface area (Å²) in [6.07, 6.45) is 6.09. The van der Waals surface area contributed by atoms with Gasteiger partial charge in [-0.05, 0) is 36.6 Å². The maximum absolute atomic E-state index is 5.69. The third-order valence-electron chi connectivity index (χ3n) is 2.73. The summed E-state index contributed by atoms with van der Waals surface area (Å²) in [5.41, 5.74) is 7.47. The predicted octanol–water partition coefficient (Wildman–Crippen LogP) is 2.70. The van der Waals surface area contributed by atoms with Gasteiger partial charge in [-0.15, -0.1) is 0 Å². The summed E-state index contributed by atoms with van der Waals surface area (Å²) < 4.78 is 5.14. The molecule has 1 aliphatic carbocycles. The summed E-state index contributed by atoms with van der Waals surface area (Å²) in [5, 5.41) is 3.95. The van der Waals surface area contributed by atoms with Crippen LogP contribution in [-0.2, 0) is 0 Å². The summed E-state index contributed by atoms with van der Waals surface area (Å²) in [5.74, 6) is 1.90. The average molecular weight is 227 g/mol. The second-order valence-electron chi connectivity index (χ2n) is 4.27. The lowest BCUT2D eigenvalue weighted by Crippen LogP contribution is -1.83. The second kappa shape index (κ2) is 4.05. The van der Waals surface area contributed by atoms with Crippen LogP contribution in [0, 0.1) is 0 Å². The van der Waals surface area contributed by atoms with Gasteiger partial charge in [0.1, 0.15) is 0 Å². The molecule has 0 spiro atoms. The van der Waals surface area contributed by atoms with Crippen LogP contribution < -0.4 is 5.73 Å². The summed E-state index contributed by atoms with van der Waals surface area (Å²) in [4.78, 5) is 4.31. The van der Waals surface area contributed by atoms with E-state index in [0.717, 1.165) is 17.1 Å². The maximum Gasteiger partial charge on any atom is 0.250 e. The molecule has 1 aromatic carbocycles. The highest BCUT2D eigenvalue weighted by molar-refractivity contribution is 5.67.